The smallest absolute Gasteiger partial charge is 0.342 e. The Morgan fingerprint density at radius 1 is 1.17 bits per heavy atom. The normalized spacial score (nSPS) is 11.0. The molecule has 2 aromatic carbocycles. The van der Waals surface area contributed by atoms with Gasteiger partial charge in [-0.1, -0.05) is 17.7 Å². The lowest BCUT2D eigenvalue weighted by Gasteiger charge is -2.08. The van der Waals surface area contributed by atoms with E-state index in [9.17, 15) is 23.3 Å². The molecule has 2 rings (SSSR count). The molecule has 2 aromatic rings. The maximum absolute atomic E-state index is 12.1. The Morgan fingerprint density at radius 2 is 1.78 bits per heavy atom. The first kappa shape index (κ1) is 16.4. The van der Waals surface area contributed by atoms with Gasteiger partial charge in [-0.05, 0) is 25.1 Å². The average molecular weight is 337 g/mol. The van der Waals surface area contributed by atoms with Gasteiger partial charge in [-0.3, -0.25) is 10.1 Å². The quantitative estimate of drug-likeness (QED) is 0.504. The van der Waals surface area contributed by atoms with Gasteiger partial charge in [0.25, 0.3) is 5.69 Å². The molecule has 9 heteroatoms. The molecule has 1 N–H and O–H groups in total. The summed E-state index contributed by atoms with van der Waals surface area (Å²) < 4.78 is 29.1. The summed E-state index contributed by atoms with van der Waals surface area (Å²) in [6, 6.07) is 8.54. The third-order valence-electron chi connectivity index (χ3n) is 2.91. The summed E-state index contributed by atoms with van der Waals surface area (Å²) in [7, 11) is -4.17. The summed E-state index contributed by atoms with van der Waals surface area (Å²) in [5, 5.41) is 19.7. The van der Waals surface area contributed by atoms with E-state index < -0.39 is 32.3 Å². The van der Waals surface area contributed by atoms with Crippen molar-refractivity contribution in [3.63, 3.8) is 0 Å². The van der Waals surface area contributed by atoms with Gasteiger partial charge >= 0.3 is 16.1 Å². The summed E-state index contributed by atoms with van der Waals surface area (Å²) >= 11 is 0. The Morgan fingerprint density at radius 3 is 2.30 bits per heavy atom. The highest BCUT2D eigenvalue weighted by atomic mass is 32.2. The number of benzene rings is 2. The average Bonchev–Trinajstić information content (AvgIpc) is 2.46. The van der Waals surface area contributed by atoms with Crippen molar-refractivity contribution < 1.29 is 27.4 Å². The number of aromatic carboxylic acids is 1. The number of aryl methyl sites for hydroxylation is 1. The van der Waals surface area contributed by atoms with Gasteiger partial charge in [-0.15, -0.1) is 0 Å². The molecule has 0 amide bonds. The largest absolute Gasteiger partial charge is 0.477 e. The van der Waals surface area contributed by atoms with Crippen molar-refractivity contribution in [1.82, 2.24) is 0 Å². The predicted octanol–water partition coefficient (Wildman–Crippen LogP) is 2.37. The lowest BCUT2D eigenvalue weighted by molar-refractivity contribution is -0.385. The predicted molar refractivity (Wildman–Crippen MR) is 79.0 cm³/mol. The fraction of sp³-hybridized carbons (Fsp3) is 0.0714. The number of hydrogen-bond acceptors (Lipinski definition) is 6. The number of nitrogens with zero attached hydrogens (tertiary/aromatic N) is 1. The molecule has 120 valence electrons. The van der Waals surface area contributed by atoms with Crippen LogP contribution in [0.15, 0.2) is 47.4 Å². The Kier molecular flexibility index (Phi) is 4.32. The second-order valence-electron chi connectivity index (χ2n) is 4.59. The number of carboxylic acids is 1. The van der Waals surface area contributed by atoms with E-state index in [1.54, 1.807) is 19.1 Å². The van der Waals surface area contributed by atoms with Gasteiger partial charge in [0.05, 0.1) is 4.92 Å². The first-order valence-corrected chi connectivity index (χ1v) is 7.64. The highest BCUT2D eigenvalue weighted by molar-refractivity contribution is 7.87. The van der Waals surface area contributed by atoms with E-state index in [-0.39, 0.29) is 10.6 Å². The number of rotatable bonds is 5. The molecule has 0 saturated heterocycles. The highest BCUT2D eigenvalue weighted by Gasteiger charge is 2.23. The standard InChI is InChI=1S/C14H11NO7S/c1-9-2-5-11(6-3-9)23(20,21)22-10-4-7-13(15(18)19)12(8-10)14(16)17/h2-8H,1H3,(H,16,17). The van der Waals surface area contributed by atoms with Crippen LogP contribution < -0.4 is 4.18 Å². The third-order valence-corrected chi connectivity index (χ3v) is 4.17. The van der Waals surface area contributed by atoms with E-state index in [0.717, 1.165) is 23.8 Å². The Balaban J connectivity index is 2.40. The number of nitro benzene ring substituents is 1. The number of carboxylic acid groups (broad SMARTS) is 1. The molecule has 0 aliphatic carbocycles. The molecule has 0 aromatic heterocycles. The molecular formula is C14H11NO7S. The zero-order chi connectivity index (χ0) is 17.2. The minimum atomic E-state index is -4.17. The molecule has 0 saturated carbocycles. The lowest BCUT2D eigenvalue weighted by Crippen LogP contribution is -2.11. The fourth-order valence-corrected chi connectivity index (χ4v) is 2.70. The van der Waals surface area contributed by atoms with Gasteiger partial charge in [0.15, 0.2) is 0 Å². The highest BCUT2D eigenvalue weighted by Crippen LogP contribution is 2.26. The van der Waals surface area contributed by atoms with Gasteiger partial charge in [0.1, 0.15) is 16.2 Å². The van der Waals surface area contributed by atoms with Crippen LogP contribution in [0.1, 0.15) is 15.9 Å². The molecule has 8 nitrogen and oxygen atoms in total. The van der Waals surface area contributed by atoms with Crippen LogP contribution in [0.25, 0.3) is 0 Å². The van der Waals surface area contributed by atoms with Gasteiger partial charge in [-0.25, -0.2) is 4.79 Å². The van der Waals surface area contributed by atoms with E-state index in [1.165, 1.54) is 12.1 Å². The van der Waals surface area contributed by atoms with Crippen molar-refractivity contribution >= 4 is 21.8 Å². The first-order chi connectivity index (χ1) is 10.7. The van der Waals surface area contributed by atoms with Gasteiger partial charge in [0.2, 0.25) is 0 Å². The third kappa shape index (κ3) is 3.64. The van der Waals surface area contributed by atoms with Crippen molar-refractivity contribution in [2.75, 3.05) is 0 Å². The summed E-state index contributed by atoms with van der Waals surface area (Å²) in [6.45, 7) is 1.78. The Bertz CT molecular complexity index is 872. The van der Waals surface area contributed by atoms with Crippen molar-refractivity contribution in [3.05, 3.63) is 63.7 Å². The molecule has 0 fully saturated rings. The van der Waals surface area contributed by atoms with E-state index in [1.807, 2.05) is 0 Å². The summed E-state index contributed by atoms with van der Waals surface area (Å²) in [6.07, 6.45) is 0. The lowest BCUT2D eigenvalue weighted by atomic mass is 10.2. The van der Waals surface area contributed by atoms with E-state index in [2.05, 4.69) is 0 Å². The molecule has 23 heavy (non-hydrogen) atoms. The molecule has 0 bridgehead atoms. The van der Waals surface area contributed by atoms with Crippen LogP contribution >= 0.6 is 0 Å². The minimum Gasteiger partial charge on any atom is -0.477 e. The molecule has 0 heterocycles. The van der Waals surface area contributed by atoms with Crippen LogP contribution in [0.5, 0.6) is 5.75 Å². The number of hydrogen-bond donors (Lipinski definition) is 1. The number of carbonyl (C=O) groups is 1. The molecule has 0 spiro atoms. The molecule has 0 unspecified atom stereocenters. The second kappa shape index (κ2) is 6.05. The molecule has 0 atom stereocenters. The van der Waals surface area contributed by atoms with Crippen LogP contribution in [0.2, 0.25) is 0 Å². The van der Waals surface area contributed by atoms with Gasteiger partial charge < -0.3 is 9.29 Å². The van der Waals surface area contributed by atoms with Gasteiger partial charge in [0, 0.05) is 12.1 Å². The van der Waals surface area contributed by atoms with Crippen LogP contribution in [0.3, 0.4) is 0 Å². The Hall–Kier alpha value is -2.94. The summed E-state index contributed by atoms with van der Waals surface area (Å²) in [5.74, 6) is -1.89. The van der Waals surface area contributed by atoms with Crippen LogP contribution in [0, 0.1) is 17.0 Å². The Labute approximate surface area is 131 Å². The molecule has 0 aliphatic heterocycles. The minimum absolute atomic E-state index is 0.113. The summed E-state index contributed by atoms with van der Waals surface area (Å²) in [4.78, 5) is 20.8. The maximum atomic E-state index is 12.1. The molecule has 0 radical (unpaired) electrons. The van der Waals surface area contributed by atoms with Crippen LogP contribution in [0.4, 0.5) is 5.69 Å². The van der Waals surface area contributed by atoms with Gasteiger partial charge in [-0.2, -0.15) is 8.42 Å². The van der Waals surface area contributed by atoms with Crippen LogP contribution in [-0.2, 0) is 10.1 Å². The second-order valence-corrected chi connectivity index (χ2v) is 6.14. The van der Waals surface area contributed by atoms with Crippen molar-refractivity contribution in [2.45, 2.75) is 11.8 Å². The topological polar surface area (TPSA) is 124 Å². The zero-order valence-electron chi connectivity index (χ0n) is 11.8. The van der Waals surface area contributed by atoms with Crippen molar-refractivity contribution in [2.24, 2.45) is 0 Å². The monoisotopic (exact) mass is 337 g/mol. The molecular weight excluding hydrogens is 326 g/mol. The maximum Gasteiger partial charge on any atom is 0.342 e. The molecule has 0 aliphatic rings. The van der Waals surface area contributed by atoms with E-state index in [0.29, 0.717) is 0 Å². The van der Waals surface area contributed by atoms with Crippen molar-refractivity contribution in [3.8, 4) is 5.75 Å². The zero-order valence-corrected chi connectivity index (χ0v) is 12.6. The number of nitro groups is 1. The first-order valence-electron chi connectivity index (χ1n) is 6.23. The SMILES string of the molecule is Cc1ccc(S(=O)(=O)Oc2ccc([N+](=O)[O-])c(C(=O)O)c2)cc1. The van der Waals surface area contributed by atoms with E-state index >= 15 is 0 Å². The fourth-order valence-electron chi connectivity index (χ4n) is 1.78. The summed E-state index contributed by atoms with van der Waals surface area (Å²) in [5.41, 5.74) is -0.461. The van der Waals surface area contributed by atoms with Crippen LogP contribution in [-0.4, -0.2) is 24.4 Å². The van der Waals surface area contributed by atoms with Crippen molar-refractivity contribution in [1.29, 1.82) is 0 Å². The van der Waals surface area contributed by atoms with E-state index in [4.69, 9.17) is 9.29 Å².